The first-order valence-corrected chi connectivity index (χ1v) is 9.25. The van der Waals surface area contributed by atoms with Crippen LogP contribution in [-0.2, 0) is 26.3 Å². The van der Waals surface area contributed by atoms with Gasteiger partial charge < -0.3 is 19.3 Å². The lowest BCUT2D eigenvalue weighted by molar-refractivity contribution is -0.159. The van der Waals surface area contributed by atoms with Gasteiger partial charge in [-0.3, -0.25) is 14.6 Å². The molecule has 0 atom stereocenters. The Morgan fingerprint density at radius 1 is 1.16 bits per heavy atom. The van der Waals surface area contributed by atoms with Crippen molar-refractivity contribution in [3.05, 3.63) is 68.6 Å². The van der Waals surface area contributed by atoms with Crippen molar-refractivity contribution in [3.63, 3.8) is 0 Å². The molecule has 3 aromatic heterocycles. The Morgan fingerprint density at radius 2 is 1.94 bits per heavy atom. The van der Waals surface area contributed by atoms with E-state index in [1.807, 2.05) is 7.05 Å². The number of aromatic nitrogens is 5. The average molecular weight is 447 g/mol. The Kier molecular flexibility index (Phi) is 5.24. The van der Waals surface area contributed by atoms with E-state index in [9.17, 15) is 22.8 Å². The van der Waals surface area contributed by atoms with E-state index < -0.39 is 22.9 Å². The molecule has 1 N–H and O–H groups in total. The van der Waals surface area contributed by atoms with Gasteiger partial charge in [0.25, 0.3) is 10.9 Å². The SMILES string of the molecule is CN(Cc1ccc(-c2noc(C(F)(F)F)n2)cn1)c1c(NCc2cn(C)cn2)c(=O)c1=O. The zero-order valence-corrected chi connectivity index (χ0v) is 16.8. The molecule has 0 amide bonds. The molecule has 0 saturated heterocycles. The molecule has 0 fully saturated rings. The van der Waals surface area contributed by atoms with Crippen LogP contribution >= 0.6 is 0 Å². The first-order chi connectivity index (χ1) is 15.1. The first-order valence-electron chi connectivity index (χ1n) is 9.25. The van der Waals surface area contributed by atoms with Crippen LogP contribution in [-0.4, -0.2) is 31.7 Å². The maximum absolute atomic E-state index is 12.6. The molecule has 0 unspecified atom stereocenters. The van der Waals surface area contributed by atoms with Crippen LogP contribution in [0.2, 0.25) is 0 Å². The Morgan fingerprint density at radius 3 is 2.53 bits per heavy atom. The van der Waals surface area contributed by atoms with Crippen molar-refractivity contribution in [2.24, 2.45) is 7.05 Å². The minimum atomic E-state index is -4.73. The highest BCUT2D eigenvalue weighted by atomic mass is 19.4. The molecule has 4 aromatic rings. The van der Waals surface area contributed by atoms with Gasteiger partial charge in [0.15, 0.2) is 0 Å². The van der Waals surface area contributed by atoms with Crippen molar-refractivity contribution in [1.29, 1.82) is 0 Å². The predicted octanol–water partition coefficient (Wildman–Crippen LogP) is 1.73. The predicted molar refractivity (Wildman–Crippen MR) is 107 cm³/mol. The molecule has 0 bridgehead atoms. The fourth-order valence-corrected chi connectivity index (χ4v) is 3.07. The van der Waals surface area contributed by atoms with Crippen LogP contribution in [0.5, 0.6) is 0 Å². The molecule has 13 heteroatoms. The zero-order valence-electron chi connectivity index (χ0n) is 16.8. The lowest BCUT2D eigenvalue weighted by atomic mass is 10.1. The lowest BCUT2D eigenvalue weighted by Gasteiger charge is -2.23. The smallest absolute Gasteiger partial charge is 0.374 e. The van der Waals surface area contributed by atoms with E-state index in [0.717, 1.165) is 0 Å². The maximum atomic E-state index is 12.6. The topological polar surface area (TPSA) is 119 Å². The Balaban J connectivity index is 1.45. The summed E-state index contributed by atoms with van der Waals surface area (Å²) in [5.74, 6) is -1.68. The van der Waals surface area contributed by atoms with Gasteiger partial charge in [-0.1, -0.05) is 5.16 Å². The van der Waals surface area contributed by atoms with Gasteiger partial charge in [-0.05, 0) is 12.1 Å². The summed E-state index contributed by atoms with van der Waals surface area (Å²) >= 11 is 0. The summed E-state index contributed by atoms with van der Waals surface area (Å²) in [7, 11) is 3.45. The Bertz CT molecular complexity index is 1320. The zero-order chi connectivity index (χ0) is 23.0. The van der Waals surface area contributed by atoms with Crippen LogP contribution in [0, 0.1) is 0 Å². The summed E-state index contributed by atoms with van der Waals surface area (Å²) in [6.07, 6.45) is -0.0184. The number of alkyl halides is 3. The van der Waals surface area contributed by atoms with Crippen molar-refractivity contribution in [2.45, 2.75) is 19.3 Å². The highest BCUT2D eigenvalue weighted by Gasteiger charge is 2.38. The quantitative estimate of drug-likeness (QED) is 0.423. The molecule has 0 aliphatic heterocycles. The largest absolute Gasteiger partial charge is 0.471 e. The normalized spacial score (nSPS) is 11.8. The molecule has 0 saturated carbocycles. The minimum absolute atomic E-state index is 0.184. The van der Waals surface area contributed by atoms with Crippen molar-refractivity contribution < 1.29 is 17.7 Å². The summed E-state index contributed by atoms with van der Waals surface area (Å²) in [4.78, 5) is 37.3. The van der Waals surface area contributed by atoms with Crippen LogP contribution in [0.1, 0.15) is 17.3 Å². The van der Waals surface area contributed by atoms with E-state index in [1.165, 1.54) is 12.3 Å². The first kappa shape index (κ1) is 21.2. The van der Waals surface area contributed by atoms with Crippen LogP contribution in [0.4, 0.5) is 24.5 Å². The van der Waals surface area contributed by atoms with E-state index in [4.69, 9.17) is 0 Å². The highest BCUT2D eigenvalue weighted by molar-refractivity contribution is 5.75. The third-order valence-electron chi connectivity index (χ3n) is 4.62. The number of halogens is 3. The van der Waals surface area contributed by atoms with E-state index in [1.54, 1.807) is 35.1 Å². The monoisotopic (exact) mass is 447 g/mol. The second-order valence-electron chi connectivity index (χ2n) is 7.08. The number of anilines is 2. The molecule has 1 aromatic carbocycles. The van der Waals surface area contributed by atoms with E-state index in [0.29, 0.717) is 11.4 Å². The molecule has 3 heterocycles. The molecule has 166 valence electrons. The van der Waals surface area contributed by atoms with Gasteiger partial charge in [-0.15, -0.1) is 0 Å². The fraction of sp³-hybridized carbons (Fsp3) is 0.263. The van der Waals surface area contributed by atoms with Gasteiger partial charge in [0.1, 0.15) is 11.4 Å². The summed E-state index contributed by atoms with van der Waals surface area (Å²) in [5, 5.41) is 6.25. The van der Waals surface area contributed by atoms with E-state index in [2.05, 4.69) is 29.9 Å². The summed E-state index contributed by atoms with van der Waals surface area (Å²) in [6, 6.07) is 3.05. The number of nitrogens with zero attached hydrogens (tertiary/aromatic N) is 6. The lowest BCUT2D eigenvalue weighted by Crippen LogP contribution is -2.41. The number of hydrogen-bond acceptors (Lipinski definition) is 9. The molecule has 0 aliphatic carbocycles. The van der Waals surface area contributed by atoms with Crippen molar-refractivity contribution in [2.75, 3.05) is 17.3 Å². The molecular formula is C19H16F3N7O3. The van der Waals surface area contributed by atoms with E-state index in [-0.39, 0.29) is 35.9 Å². The van der Waals surface area contributed by atoms with Crippen molar-refractivity contribution in [3.8, 4) is 11.4 Å². The molecule has 0 aliphatic rings. The summed E-state index contributed by atoms with van der Waals surface area (Å²) < 4.78 is 43.8. The number of pyridine rings is 1. The van der Waals surface area contributed by atoms with Crippen LogP contribution in [0.25, 0.3) is 11.4 Å². The van der Waals surface area contributed by atoms with Gasteiger partial charge in [-0.25, -0.2) is 4.98 Å². The summed E-state index contributed by atoms with van der Waals surface area (Å²) in [5.41, 5.74) is 0.669. The van der Waals surface area contributed by atoms with Crippen LogP contribution < -0.4 is 21.1 Å². The Labute approximate surface area is 178 Å². The molecule has 10 nitrogen and oxygen atoms in total. The second kappa shape index (κ2) is 7.90. The molecule has 4 rings (SSSR count). The molecular weight excluding hydrogens is 431 g/mol. The van der Waals surface area contributed by atoms with Gasteiger partial charge in [-0.2, -0.15) is 18.2 Å². The van der Waals surface area contributed by atoms with Crippen molar-refractivity contribution >= 4 is 11.4 Å². The van der Waals surface area contributed by atoms with Crippen LogP contribution in [0.3, 0.4) is 0 Å². The Hall–Kier alpha value is -4.03. The van der Waals surface area contributed by atoms with Gasteiger partial charge in [0.05, 0.1) is 30.8 Å². The third kappa shape index (κ3) is 4.08. The van der Waals surface area contributed by atoms with Gasteiger partial charge >= 0.3 is 12.1 Å². The standard InChI is InChI=1S/C19H16F3N7O3/c1-28-7-12(25-9-28)6-24-13-14(16(31)15(13)30)29(2)8-11-4-3-10(5-23-11)17-26-18(32-27-17)19(20,21)22/h3-5,7,9,24H,6,8H2,1-2H3. The third-order valence-corrected chi connectivity index (χ3v) is 4.62. The van der Waals surface area contributed by atoms with Crippen molar-refractivity contribution in [1.82, 2.24) is 24.7 Å². The fourth-order valence-electron chi connectivity index (χ4n) is 3.07. The minimum Gasteiger partial charge on any atom is -0.374 e. The number of hydrogen-bond donors (Lipinski definition) is 1. The molecule has 0 spiro atoms. The van der Waals surface area contributed by atoms with Gasteiger partial charge in [0, 0.05) is 32.1 Å². The molecule has 32 heavy (non-hydrogen) atoms. The number of imidazole rings is 1. The maximum Gasteiger partial charge on any atom is 0.471 e. The second-order valence-corrected chi connectivity index (χ2v) is 7.08. The number of nitrogens with one attached hydrogen (secondary N) is 1. The highest BCUT2D eigenvalue weighted by Crippen LogP contribution is 2.29. The van der Waals surface area contributed by atoms with Crippen LogP contribution in [0.15, 0.2) is 45.0 Å². The average Bonchev–Trinajstić information content (AvgIpc) is 3.40. The molecule has 0 radical (unpaired) electrons. The summed E-state index contributed by atoms with van der Waals surface area (Å²) in [6.45, 7) is 0.466. The van der Waals surface area contributed by atoms with E-state index >= 15 is 0 Å². The number of aryl methyl sites for hydroxylation is 1. The van der Waals surface area contributed by atoms with Gasteiger partial charge in [0.2, 0.25) is 5.82 Å². The number of rotatable bonds is 7.